The highest BCUT2D eigenvalue weighted by Gasteiger charge is 2.30. The summed E-state index contributed by atoms with van der Waals surface area (Å²) < 4.78 is 68.9. The Bertz CT molecular complexity index is 2050. The maximum Gasteiger partial charge on any atom is 0.472 e. The molecule has 3 N–H and O–H groups in total. The predicted octanol–water partition coefficient (Wildman–Crippen LogP) is 27.0. The van der Waals surface area contributed by atoms with Crippen molar-refractivity contribution in [2.75, 3.05) is 39.6 Å². The Hall–Kier alpha value is -1.94. The van der Waals surface area contributed by atoms with Crippen LogP contribution >= 0.6 is 15.6 Å². The molecule has 636 valence electrons. The van der Waals surface area contributed by atoms with Crippen LogP contribution in [0, 0.1) is 11.8 Å². The SMILES string of the molecule is CCCCCCCCCCCCCCCCCCCCCCC(=O)OC[C@H](COP(=O)(O)OC[C@@H](O)COP(=O)(O)OC[C@@H](COC(=O)CCCCCCCCCC(C)C)OC(=O)CCCCCCCCCCCCCCCCCC)OC(=O)CCCCCCCCCCCCCCCCCCCCC(C)C. The number of phosphoric acid groups is 2. The van der Waals surface area contributed by atoms with Gasteiger partial charge >= 0.3 is 39.5 Å². The fourth-order valence-corrected chi connectivity index (χ4v) is 15.4. The first kappa shape index (κ1) is 105. The van der Waals surface area contributed by atoms with Gasteiger partial charge in [-0.15, -0.1) is 0 Å². The van der Waals surface area contributed by atoms with Crippen LogP contribution in [0.1, 0.15) is 472 Å². The Labute approximate surface area is 658 Å². The lowest BCUT2D eigenvalue weighted by Crippen LogP contribution is -2.30. The summed E-state index contributed by atoms with van der Waals surface area (Å²) in [6.45, 7) is 9.66. The quantitative estimate of drug-likeness (QED) is 0.0222. The molecular formula is C88H172O17P2. The number of carbonyl (C=O) groups is 4. The zero-order chi connectivity index (χ0) is 78.5. The van der Waals surface area contributed by atoms with E-state index in [4.69, 9.17) is 37.0 Å². The summed E-state index contributed by atoms with van der Waals surface area (Å²) in [5.41, 5.74) is 0. The number of aliphatic hydroxyl groups excluding tert-OH is 1. The van der Waals surface area contributed by atoms with E-state index >= 15 is 0 Å². The lowest BCUT2D eigenvalue weighted by atomic mass is 10.0. The number of aliphatic hydroxyl groups is 1. The van der Waals surface area contributed by atoms with Crippen molar-refractivity contribution in [3.8, 4) is 0 Å². The van der Waals surface area contributed by atoms with E-state index in [1.807, 2.05) is 0 Å². The standard InChI is InChI=1S/C88H172O17P2/c1-7-9-11-13-15-17-19-21-23-25-26-27-31-35-38-42-46-52-58-64-70-85(90)98-76-83(104-87(92)72-67-61-54-48-44-40-36-32-29-28-30-33-37-41-45-50-56-62-68-80(3)4)78-102-106(94,95)100-74-82(89)75-101-107(96,97)103-79-84(77-99-86(91)71-65-59-55-49-51-57-63-69-81(5)6)105-88(93)73-66-60-53-47-43-39-34-24-22-20-18-16-14-12-10-8-2/h80-84,89H,7-79H2,1-6H3,(H,94,95)(H,96,97)/t82-,83-,84-/m1/s1. The summed E-state index contributed by atoms with van der Waals surface area (Å²) in [5.74, 6) is -0.575. The Kier molecular flexibility index (Phi) is 77.9. The van der Waals surface area contributed by atoms with E-state index in [0.29, 0.717) is 31.6 Å². The molecule has 0 aromatic heterocycles. The van der Waals surface area contributed by atoms with Crippen molar-refractivity contribution in [3.05, 3.63) is 0 Å². The second-order valence-corrected chi connectivity index (χ2v) is 35.5. The van der Waals surface area contributed by atoms with E-state index in [-0.39, 0.29) is 25.7 Å². The maximum absolute atomic E-state index is 13.2. The molecular weight excluding hydrogens is 1390 g/mol. The van der Waals surface area contributed by atoms with Crippen molar-refractivity contribution in [1.29, 1.82) is 0 Å². The Morgan fingerprint density at radius 1 is 0.252 bits per heavy atom. The lowest BCUT2D eigenvalue weighted by Gasteiger charge is -2.21. The highest BCUT2D eigenvalue weighted by molar-refractivity contribution is 7.47. The molecule has 0 radical (unpaired) electrons. The number of hydrogen-bond donors (Lipinski definition) is 3. The van der Waals surface area contributed by atoms with Crippen molar-refractivity contribution in [3.63, 3.8) is 0 Å². The number of esters is 4. The van der Waals surface area contributed by atoms with Crippen molar-refractivity contribution >= 4 is 39.5 Å². The summed E-state index contributed by atoms with van der Waals surface area (Å²) in [6, 6.07) is 0. The minimum atomic E-state index is -4.97. The molecule has 0 saturated heterocycles. The van der Waals surface area contributed by atoms with Gasteiger partial charge in [0.1, 0.15) is 19.3 Å². The van der Waals surface area contributed by atoms with Crippen LogP contribution in [0.15, 0.2) is 0 Å². The summed E-state index contributed by atoms with van der Waals surface area (Å²) in [5, 5.41) is 10.7. The van der Waals surface area contributed by atoms with Crippen molar-refractivity contribution in [2.45, 2.75) is 490 Å². The third-order valence-electron chi connectivity index (χ3n) is 20.7. The Morgan fingerprint density at radius 3 is 0.636 bits per heavy atom. The first-order chi connectivity index (χ1) is 51.9. The second-order valence-electron chi connectivity index (χ2n) is 32.6. The van der Waals surface area contributed by atoms with Gasteiger partial charge < -0.3 is 33.8 Å². The van der Waals surface area contributed by atoms with Crippen LogP contribution in [0.25, 0.3) is 0 Å². The molecule has 0 fully saturated rings. The van der Waals surface area contributed by atoms with Gasteiger partial charge in [0.2, 0.25) is 0 Å². The molecule has 17 nitrogen and oxygen atoms in total. The molecule has 0 saturated carbocycles. The molecule has 0 spiro atoms. The van der Waals surface area contributed by atoms with Gasteiger partial charge in [-0.25, -0.2) is 9.13 Å². The molecule has 0 aliphatic rings. The number of hydrogen-bond acceptors (Lipinski definition) is 15. The molecule has 5 atom stereocenters. The molecule has 0 aromatic carbocycles. The average molecular weight is 1560 g/mol. The molecule has 0 rings (SSSR count). The molecule has 0 heterocycles. The summed E-state index contributed by atoms with van der Waals surface area (Å²) >= 11 is 0. The summed E-state index contributed by atoms with van der Waals surface area (Å²) in [4.78, 5) is 73.3. The van der Waals surface area contributed by atoms with Gasteiger partial charge in [0.15, 0.2) is 12.2 Å². The third kappa shape index (κ3) is 81.9. The molecule has 0 aliphatic carbocycles. The van der Waals surface area contributed by atoms with Gasteiger partial charge in [0.05, 0.1) is 26.4 Å². The first-order valence-corrected chi connectivity index (χ1v) is 48.5. The predicted molar refractivity (Wildman–Crippen MR) is 442 cm³/mol. The summed E-state index contributed by atoms with van der Waals surface area (Å²) in [6.07, 6.45) is 72.4. The Balaban J connectivity index is 5.22. The minimum absolute atomic E-state index is 0.108. The zero-order valence-corrected chi connectivity index (χ0v) is 72.2. The second kappa shape index (κ2) is 79.3. The monoisotopic (exact) mass is 1560 g/mol. The van der Waals surface area contributed by atoms with Crippen LogP contribution < -0.4 is 0 Å². The first-order valence-electron chi connectivity index (χ1n) is 45.5. The third-order valence-corrected chi connectivity index (χ3v) is 22.6. The number of ether oxygens (including phenoxy) is 4. The van der Waals surface area contributed by atoms with Crippen LogP contribution in [-0.2, 0) is 65.4 Å². The highest BCUT2D eigenvalue weighted by atomic mass is 31.2. The molecule has 2 unspecified atom stereocenters. The number of rotatable bonds is 87. The zero-order valence-electron chi connectivity index (χ0n) is 70.5. The smallest absolute Gasteiger partial charge is 0.462 e. The highest BCUT2D eigenvalue weighted by Crippen LogP contribution is 2.45. The van der Waals surface area contributed by atoms with Crippen LogP contribution in [0.2, 0.25) is 0 Å². The number of unbranched alkanes of at least 4 members (excludes halogenated alkanes) is 57. The topological polar surface area (TPSA) is 237 Å². The maximum atomic E-state index is 13.2. The number of phosphoric ester groups is 2. The van der Waals surface area contributed by atoms with E-state index < -0.39 is 97.5 Å². The molecule has 107 heavy (non-hydrogen) atoms. The fourth-order valence-electron chi connectivity index (χ4n) is 13.8. The molecule has 0 aliphatic heterocycles. The fraction of sp³-hybridized carbons (Fsp3) is 0.955. The Morgan fingerprint density at radius 2 is 0.430 bits per heavy atom. The van der Waals surface area contributed by atoms with Crippen LogP contribution in [-0.4, -0.2) is 96.7 Å². The molecule has 19 heteroatoms. The van der Waals surface area contributed by atoms with Crippen LogP contribution in [0.5, 0.6) is 0 Å². The van der Waals surface area contributed by atoms with Gasteiger partial charge in [0, 0.05) is 25.7 Å². The van der Waals surface area contributed by atoms with Gasteiger partial charge in [-0.05, 0) is 37.5 Å². The molecule has 0 bridgehead atoms. The van der Waals surface area contributed by atoms with E-state index in [0.717, 1.165) is 102 Å². The van der Waals surface area contributed by atoms with Crippen LogP contribution in [0.4, 0.5) is 0 Å². The van der Waals surface area contributed by atoms with E-state index in [2.05, 4.69) is 41.5 Å². The minimum Gasteiger partial charge on any atom is -0.462 e. The lowest BCUT2D eigenvalue weighted by molar-refractivity contribution is -0.161. The van der Waals surface area contributed by atoms with E-state index in [1.165, 1.54) is 283 Å². The van der Waals surface area contributed by atoms with Gasteiger partial charge in [-0.2, -0.15) is 0 Å². The summed E-state index contributed by atoms with van der Waals surface area (Å²) in [7, 11) is -9.93. The molecule has 0 amide bonds. The molecule has 0 aromatic rings. The van der Waals surface area contributed by atoms with Gasteiger partial charge in [-0.3, -0.25) is 37.3 Å². The van der Waals surface area contributed by atoms with Crippen molar-refractivity contribution < 1.29 is 80.2 Å². The van der Waals surface area contributed by atoms with Crippen LogP contribution in [0.3, 0.4) is 0 Å². The average Bonchev–Trinajstić information content (AvgIpc) is 0.901. The van der Waals surface area contributed by atoms with Crippen molar-refractivity contribution in [2.24, 2.45) is 11.8 Å². The number of carbonyl (C=O) groups excluding carboxylic acids is 4. The van der Waals surface area contributed by atoms with Gasteiger partial charge in [0.25, 0.3) is 0 Å². The largest absolute Gasteiger partial charge is 0.472 e. The van der Waals surface area contributed by atoms with Gasteiger partial charge in [-0.1, -0.05) is 420 Å². The van der Waals surface area contributed by atoms with Crippen molar-refractivity contribution in [1.82, 2.24) is 0 Å². The van der Waals surface area contributed by atoms with E-state index in [1.54, 1.807) is 0 Å². The normalized spacial score (nSPS) is 13.8. The van der Waals surface area contributed by atoms with E-state index in [9.17, 15) is 43.2 Å².